The molecule has 0 radical (unpaired) electrons. The van der Waals surface area contributed by atoms with Gasteiger partial charge in [-0.25, -0.2) is 0 Å². The molecule has 0 aliphatic heterocycles. The first-order valence-corrected chi connectivity index (χ1v) is 15.5. The molecule has 3 aliphatic carbocycles. The molecule has 2 unspecified atom stereocenters. The number of para-hydroxylation sites is 1. The van der Waals surface area contributed by atoms with Crippen LogP contribution in [0.5, 0.6) is 0 Å². The van der Waals surface area contributed by atoms with Gasteiger partial charge in [-0.15, -0.1) is 0 Å². The molecule has 32 heavy (non-hydrogen) atoms. The van der Waals surface area contributed by atoms with Crippen molar-refractivity contribution in [3.05, 3.63) is 108 Å². The zero-order chi connectivity index (χ0) is 22.5. The Morgan fingerprint density at radius 1 is 1.00 bits per heavy atom. The highest BCUT2D eigenvalue weighted by Gasteiger charge is 2.46. The SMILES string of the molecule is CC1(C)c2cc([Si](C)(C)C)ccc2C2C=CC(N(C3=CC=CCC3)c3ccccc3)=CC21. The molecule has 0 amide bonds. The summed E-state index contributed by atoms with van der Waals surface area (Å²) in [5, 5.41) is 1.57. The number of anilines is 1. The minimum Gasteiger partial charge on any atom is -0.315 e. The van der Waals surface area contributed by atoms with Gasteiger partial charge < -0.3 is 4.90 Å². The van der Waals surface area contributed by atoms with Crippen LogP contribution in [0.2, 0.25) is 19.6 Å². The van der Waals surface area contributed by atoms with Crippen LogP contribution in [0.15, 0.2) is 96.4 Å². The Balaban J connectivity index is 1.58. The number of allylic oxidation sites excluding steroid dienone is 7. The molecule has 0 spiro atoms. The summed E-state index contributed by atoms with van der Waals surface area (Å²) in [5.74, 6) is 0.942. The van der Waals surface area contributed by atoms with Crippen LogP contribution >= 0.6 is 0 Å². The summed E-state index contributed by atoms with van der Waals surface area (Å²) in [7, 11) is -1.34. The van der Waals surface area contributed by atoms with Crippen LogP contribution in [0.3, 0.4) is 0 Å². The molecule has 0 saturated heterocycles. The molecule has 0 fully saturated rings. The van der Waals surface area contributed by atoms with E-state index in [-0.39, 0.29) is 5.41 Å². The van der Waals surface area contributed by atoms with Gasteiger partial charge in [0.15, 0.2) is 0 Å². The van der Waals surface area contributed by atoms with Crippen LogP contribution in [0.4, 0.5) is 5.69 Å². The van der Waals surface area contributed by atoms with Crippen LogP contribution < -0.4 is 10.1 Å². The summed E-state index contributed by atoms with van der Waals surface area (Å²) < 4.78 is 0. The van der Waals surface area contributed by atoms with Gasteiger partial charge in [-0.05, 0) is 59.6 Å². The topological polar surface area (TPSA) is 3.24 Å². The number of benzene rings is 2. The Bertz CT molecular complexity index is 1140. The number of fused-ring (bicyclic) bond motifs is 3. The van der Waals surface area contributed by atoms with E-state index in [2.05, 4.69) is 123 Å². The van der Waals surface area contributed by atoms with Gasteiger partial charge in [-0.3, -0.25) is 0 Å². The van der Waals surface area contributed by atoms with E-state index in [4.69, 9.17) is 0 Å². The van der Waals surface area contributed by atoms with Gasteiger partial charge in [0.05, 0.1) is 8.07 Å². The third-order valence-electron chi connectivity index (χ3n) is 7.57. The monoisotopic (exact) mass is 437 g/mol. The lowest BCUT2D eigenvalue weighted by atomic mass is 9.74. The molecule has 0 saturated carbocycles. The zero-order valence-corrected chi connectivity index (χ0v) is 21.1. The van der Waals surface area contributed by atoms with E-state index in [0.29, 0.717) is 11.8 Å². The first-order chi connectivity index (χ1) is 15.3. The third-order valence-corrected chi connectivity index (χ3v) is 9.61. The van der Waals surface area contributed by atoms with Gasteiger partial charge in [0.25, 0.3) is 0 Å². The molecule has 3 aliphatic rings. The molecule has 0 N–H and O–H groups in total. The van der Waals surface area contributed by atoms with E-state index in [1.165, 1.54) is 22.6 Å². The molecule has 1 nitrogen and oxygen atoms in total. The zero-order valence-electron chi connectivity index (χ0n) is 20.1. The molecule has 2 aromatic rings. The van der Waals surface area contributed by atoms with E-state index >= 15 is 0 Å². The normalized spacial score (nSPS) is 23.3. The maximum absolute atomic E-state index is 2.56. The van der Waals surface area contributed by atoms with Crippen molar-refractivity contribution in [2.45, 2.75) is 57.7 Å². The molecule has 2 heteroatoms. The van der Waals surface area contributed by atoms with Gasteiger partial charge in [0.1, 0.15) is 0 Å². The highest BCUT2D eigenvalue weighted by Crippen LogP contribution is 2.53. The lowest BCUT2D eigenvalue weighted by Gasteiger charge is -2.36. The summed E-state index contributed by atoms with van der Waals surface area (Å²) >= 11 is 0. The van der Waals surface area contributed by atoms with Gasteiger partial charge in [0.2, 0.25) is 0 Å². The van der Waals surface area contributed by atoms with Crippen LogP contribution in [-0.2, 0) is 5.41 Å². The second-order valence-corrected chi connectivity index (χ2v) is 16.1. The van der Waals surface area contributed by atoms with Crippen LogP contribution in [0, 0.1) is 5.92 Å². The number of nitrogens with zero attached hydrogens (tertiary/aromatic N) is 1. The van der Waals surface area contributed by atoms with Crippen LogP contribution in [-0.4, -0.2) is 8.07 Å². The van der Waals surface area contributed by atoms with E-state index in [0.717, 1.165) is 12.8 Å². The molecule has 2 atom stereocenters. The van der Waals surface area contributed by atoms with Crippen molar-refractivity contribution in [2.75, 3.05) is 4.90 Å². The fraction of sp³-hybridized carbons (Fsp3) is 0.333. The average Bonchev–Trinajstić information content (AvgIpc) is 3.01. The van der Waals surface area contributed by atoms with E-state index in [9.17, 15) is 0 Å². The van der Waals surface area contributed by atoms with Crippen molar-refractivity contribution in [3.8, 4) is 0 Å². The van der Waals surface area contributed by atoms with Crippen LogP contribution in [0.1, 0.15) is 43.7 Å². The minimum absolute atomic E-state index is 0.120. The predicted octanol–water partition coefficient (Wildman–Crippen LogP) is 7.42. The fourth-order valence-electron chi connectivity index (χ4n) is 5.65. The summed E-state index contributed by atoms with van der Waals surface area (Å²) in [6.45, 7) is 12.3. The first kappa shape index (κ1) is 21.3. The second-order valence-electron chi connectivity index (χ2n) is 11.1. The maximum Gasteiger partial charge on any atom is 0.0776 e. The van der Waals surface area contributed by atoms with Crippen molar-refractivity contribution in [1.29, 1.82) is 0 Å². The van der Waals surface area contributed by atoms with Crippen molar-refractivity contribution >= 4 is 18.9 Å². The second kappa shape index (κ2) is 7.77. The van der Waals surface area contributed by atoms with Gasteiger partial charge in [-0.1, -0.05) is 99.4 Å². The number of rotatable bonds is 4. The summed E-state index contributed by atoms with van der Waals surface area (Å²) in [6.07, 6.45) is 16.3. The Morgan fingerprint density at radius 3 is 2.47 bits per heavy atom. The van der Waals surface area contributed by atoms with E-state index < -0.39 is 8.07 Å². The van der Waals surface area contributed by atoms with Crippen molar-refractivity contribution in [1.82, 2.24) is 0 Å². The molecular formula is C30H35NSi. The molecular weight excluding hydrogens is 402 g/mol. The summed E-state index contributed by atoms with van der Waals surface area (Å²) in [5.41, 5.74) is 7.14. The molecule has 0 heterocycles. The average molecular weight is 438 g/mol. The number of hydrogen-bond acceptors (Lipinski definition) is 1. The smallest absolute Gasteiger partial charge is 0.0776 e. The molecule has 2 aromatic carbocycles. The molecule has 0 bridgehead atoms. The van der Waals surface area contributed by atoms with Gasteiger partial charge >= 0.3 is 0 Å². The quantitative estimate of drug-likeness (QED) is 0.450. The van der Waals surface area contributed by atoms with E-state index in [1.807, 2.05) is 0 Å². The van der Waals surface area contributed by atoms with Crippen LogP contribution in [0.25, 0.3) is 0 Å². The standard InChI is InChI=1S/C30H35NSi/c1-30(2)28-20-24(31(22-12-8-6-9-13-22)23-14-10-7-11-15-23)16-18-26(28)27-19-17-25(21-29(27)30)32(3,4)5/h6-10,12-14,16-21,26,28H,11,15H2,1-5H3. The summed E-state index contributed by atoms with van der Waals surface area (Å²) in [6, 6.07) is 18.2. The van der Waals surface area contributed by atoms with Gasteiger partial charge in [-0.2, -0.15) is 0 Å². The van der Waals surface area contributed by atoms with Crippen molar-refractivity contribution in [2.24, 2.45) is 5.92 Å². The van der Waals surface area contributed by atoms with Gasteiger partial charge in [0, 0.05) is 23.0 Å². The van der Waals surface area contributed by atoms with E-state index in [1.54, 1.807) is 10.8 Å². The predicted molar refractivity (Wildman–Crippen MR) is 141 cm³/mol. The largest absolute Gasteiger partial charge is 0.315 e. The lowest BCUT2D eigenvalue weighted by molar-refractivity contribution is 0.392. The molecule has 5 rings (SSSR count). The number of hydrogen-bond donors (Lipinski definition) is 0. The van der Waals surface area contributed by atoms with Crippen molar-refractivity contribution < 1.29 is 0 Å². The third kappa shape index (κ3) is 3.55. The fourth-order valence-corrected chi connectivity index (χ4v) is 6.81. The molecule has 164 valence electrons. The minimum atomic E-state index is -1.34. The van der Waals surface area contributed by atoms with Crippen molar-refractivity contribution in [3.63, 3.8) is 0 Å². The molecule has 0 aromatic heterocycles. The summed E-state index contributed by atoms with van der Waals surface area (Å²) in [4.78, 5) is 2.47. The Labute approximate surface area is 194 Å². The lowest BCUT2D eigenvalue weighted by Crippen LogP contribution is -2.38. The highest BCUT2D eigenvalue weighted by molar-refractivity contribution is 6.88. The Hall–Kier alpha value is -2.58. The Morgan fingerprint density at radius 2 is 1.78 bits per heavy atom. The maximum atomic E-state index is 2.56. The highest BCUT2D eigenvalue weighted by atomic mass is 28.3. The first-order valence-electron chi connectivity index (χ1n) is 12.0. The Kier molecular flexibility index (Phi) is 5.17.